The minimum absolute atomic E-state index is 0.250. The zero-order valence-corrected chi connectivity index (χ0v) is 14.0. The molecule has 0 aromatic heterocycles. The molecule has 22 heavy (non-hydrogen) atoms. The van der Waals surface area contributed by atoms with Crippen LogP contribution in [0.3, 0.4) is 0 Å². The van der Waals surface area contributed by atoms with Gasteiger partial charge in [0, 0.05) is 46.6 Å². The quantitative estimate of drug-likeness (QED) is 0.810. The van der Waals surface area contributed by atoms with Gasteiger partial charge in [-0.1, -0.05) is 12.1 Å². The minimum atomic E-state index is 0.250. The average Bonchev–Trinajstić information content (AvgIpc) is 2.53. The predicted molar refractivity (Wildman–Crippen MR) is 90.3 cm³/mol. The summed E-state index contributed by atoms with van der Waals surface area (Å²) in [6, 6.07) is 8.25. The highest BCUT2D eigenvalue weighted by molar-refractivity contribution is 5.79. The van der Waals surface area contributed by atoms with E-state index in [1.807, 2.05) is 19.0 Å². The van der Waals surface area contributed by atoms with E-state index in [9.17, 15) is 4.79 Å². The van der Waals surface area contributed by atoms with Crippen molar-refractivity contribution in [3.05, 3.63) is 29.8 Å². The van der Waals surface area contributed by atoms with Gasteiger partial charge >= 0.3 is 0 Å². The molecule has 0 radical (unpaired) electrons. The zero-order chi connectivity index (χ0) is 15.9. The first kappa shape index (κ1) is 16.8. The maximum Gasteiger partial charge on any atom is 0.226 e. The van der Waals surface area contributed by atoms with Gasteiger partial charge in [-0.05, 0) is 42.9 Å². The fourth-order valence-corrected chi connectivity index (χ4v) is 3.01. The van der Waals surface area contributed by atoms with Crippen LogP contribution in [0, 0.1) is 5.92 Å². The molecule has 1 aliphatic rings. The molecule has 1 fully saturated rings. The van der Waals surface area contributed by atoms with Crippen LogP contribution in [0.15, 0.2) is 24.3 Å². The number of amides is 1. The second-order valence-electron chi connectivity index (χ2n) is 6.37. The summed E-state index contributed by atoms with van der Waals surface area (Å²) in [6.45, 7) is 2.58. The first-order chi connectivity index (χ1) is 10.6. The zero-order valence-electron chi connectivity index (χ0n) is 14.0. The van der Waals surface area contributed by atoms with Crippen LogP contribution in [0.4, 0.5) is 5.69 Å². The van der Waals surface area contributed by atoms with E-state index in [1.54, 1.807) is 7.11 Å². The molecule has 2 rings (SSSR count). The number of rotatable bonds is 6. The van der Waals surface area contributed by atoms with Gasteiger partial charge in [0.1, 0.15) is 0 Å². The molecule has 1 aliphatic heterocycles. The molecule has 1 heterocycles. The van der Waals surface area contributed by atoms with Crippen LogP contribution in [0.5, 0.6) is 0 Å². The summed E-state index contributed by atoms with van der Waals surface area (Å²) < 4.78 is 5.16. The lowest BCUT2D eigenvalue weighted by Gasteiger charge is -2.33. The van der Waals surface area contributed by atoms with E-state index in [1.165, 1.54) is 6.42 Å². The second-order valence-corrected chi connectivity index (χ2v) is 6.37. The summed E-state index contributed by atoms with van der Waals surface area (Å²) in [5.74, 6) is 0.841. The van der Waals surface area contributed by atoms with Crippen molar-refractivity contribution in [2.75, 3.05) is 45.8 Å². The van der Waals surface area contributed by atoms with Crippen molar-refractivity contribution < 1.29 is 9.53 Å². The van der Waals surface area contributed by atoms with Crippen LogP contribution in [0.25, 0.3) is 0 Å². The SMILES string of the molecule is COCC[C@H]1CCCN(C(=O)Cc2ccc(N(C)C)cc2)C1. The molecule has 4 nitrogen and oxygen atoms in total. The predicted octanol–water partition coefficient (Wildman–Crippen LogP) is 2.57. The lowest BCUT2D eigenvalue weighted by Crippen LogP contribution is -2.41. The molecule has 0 unspecified atom stereocenters. The first-order valence-electron chi connectivity index (χ1n) is 8.13. The Balaban J connectivity index is 1.88. The maximum atomic E-state index is 12.5. The maximum absolute atomic E-state index is 12.5. The lowest BCUT2D eigenvalue weighted by molar-refractivity contribution is -0.132. The van der Waals surface area contributed by atoms with Crippen LogP contribution in [0.1, 0.15) is 24.8 Å². The molecule has 122 valence electrons. The number of piperidine rings is 1. The van der Waals surface area contributed by atoms with Gasteiger partial charge in [-0.3, -0.25) is 4.79 Å². The molecule has 0 spiro atoms. The number of anilines is 1. The largest absolute Gasteiger partial charge is 0.385 e. The van der Waals surface area contributed by atoms with Gasteiger partial charge in [-0.2, -0.15) is 0 Å². The van der Waals surface area contributed by atoms with Crippen molar-refractivity contribution in [2.24, 2.45) is 5.92 Å². The number of ether oxygens (including phenoxy) is 1. The van der Waals surface area contributed by atoms with E-state index in [0.717, 1.165) is 43.8 Å². The van der Waals surface area contributed by atoms with E-state index >= 15 is 0 Å². The Morgan fingerprint density at radius 1 is 1.32 bits per heavy atom. The smallest absolute Gasteiger partial charge is 0.226 e. The summed E-state index contributed by atoms with van der Waals surface area (Å²) in [6.07, 6.45) is 3.88. The van der Waals surface area contributed by atoms with Crippen LogP contribution < -0.4 is 4.90 Å². The van der Waals surface area contributed by atoms with E-state index in [0.29, 0.717) is 12.3 Å². The number of benzene rings is 1. The van der Waals surface area contributed by atoms with Crippen molar-refractivity contribution in [1.29, 1.82) is 0 Å². The van der Waals surface area contributed by atoms with Crippen LogP contribution >= 0.6 is 0 Å². The Hall–Kier alpha value is -1.55. The molecule has 1 atom stereocenters. The Labute approximate surface area is 134 Å². The Bertz CT molecular complexity index is 470. The Morgan fingerprint density at radius 2 is 2.05 bits per heavy atom. The monoisotopic (exact) mass is 304 g/mol. The van der Waals surface area contributed by atoms with E-state index in [2.05, 4.69) is 29.2 Å². The summed E-state index contributed by atoms with van der Waals surface area (Å²) >= 11 is 0. The highest BCUT2D eigenvalue weighted by Crippen LogP contribution is 2.21. The normalized spacial score (nSPS) is 18.3. The van der Waals surface area contributed by atoms with Crippen LogP contribution in [0.2, 0.25) is 0 Å². The lowest BCUT2D eigenvalue weighted by atomic mass is 9.94. The van der Waals surface area contributed by atoms with Crippen molar-refractivity contribution in [1.82, 2.24) is 4.90 Å². The van der Waals surface area contributed by atoms with Gasteiger partial charge in [-0.15, -0.1) is 0 Å². The summed E-state index contributed by atoms with van der Waals surface area (Å²) in [4.78, 5) is 16.6. The number of methoxy groups -OCH3 is 1. The third kappa shape index (κ3) is 4.73. The molecule has 1 amide bonds. The van der Waals surface area contributed by atoms with Gasteiger partial charge in [0.25, 0.3) is 0 Å². The highest BCUT2D eigenvalue weighted by Gasteiger charge is 2.23. The van der Waals surface area contributed by atoms with Crippen molar-refractivity contribution in [3.63, 3.8) is 0 Å². The third-order valence-electron chi connectivity index (χ3n) is 4.41. The fourth-order valence-electron chi connectivity index (χ4n) is 3.01. The number of hydrogen-bond donors (Lipinski definition) is 0. The summed E-state index contributed by atoms with van der Waals surface area (Å²) in [5, 5.41) is 0. The minimum Gasteiger partial charge on any atom is -0.385 e. The Morgan fingerprint density at radius 3 is 2.68 bits per heavy atom. The van der Waals surface area contributed by atoms with Gasteiger partial charge in [0.05, 0.1) is 6.42 Å². The van der Waals surface area contributed by atoms with E-state index in [4.69, 9.17) is 4.74 Å². The number of carbonyl (C=O) groups is 1. The summed E-state index contributed by atoms with van der Waals surface area (Å²) in [7, 11) is 5.78. The Kier molecular flexibility index (Phi) is 6.25. The number of likely N-dealkylation sites (tertiary alicyclic amines) is 1. The molecule has 1 aromatic rings. The van der Waals surface area contributed by atoms with E-state index < -0.39 is 0 Å². The molecule has 0 N–H and O–H groups in total. The second kappa shape index (κ2) is 8.18. The van der Waals surface area contributed by atoms with Gasteiger partial charge in [-0.25, -0.2) is 0 Å². The standard InChI is InChI=1S/C18H28N2O2/c1-19(2)17-8-6-15(7-9-17)13-18(21)20-11-4-5-16(14-20)10-12-22-3/h6-9,16H,4-5,10-14H2,1-3H3/t16-/m1/s1. The van der Waals surface area contributed by atoms with Gasteiger partial charge < -0.3 is 14.5 Å². The van der Waals surface area contributed by atoms with E-state index in [-0.39, 0.29) is 5.91 Å². The number of hydrogen-bond acceptors (Lipinski definition) is 3. The highest BCUT2D eigenvalue weighted by atomic mass is 16.5. The fraction of sp³-hybridized carbons (Fsp3) is 0.611. The molecule has 0 bridgehead atoms. The molecule has 1 saturated heterocycles. The first-order valence-corrected chi connectivity index (χ1v) is 8.13. The molecule has 4 heteroatoms. The number of nitrogens with zero attached hydrogens (tertiary/aromatic N) is 2. The third-order valence-corrected chi connectivity index (χ3v) is 4.41. The molecular formula is C18H28N2O2. The van der Waals surface area contributed by atoms with Crippen LogP contribution in [-0.4, -0.2) is 51.7 Å². The topological polar surface area (TPSA) is 32.8 Å². The average molecular weight is 304 g/mol. The van der Waals surface area contributed by atoms with Crippen LogP contribution in [-0.2, 0) is 16.0 Å². The molecular weight excluding hydrogens is 276 g/mol. The molecule has 1 aromatic carbocycles. The summed E-state index contributed by atoms with van der Waals surface area (Å²) in [5.41, 5.74) is 2.25. The van der Waals surface area contributed by atoms with Crippen molar-refractivity contribution in [2.45, 2.75) is 25.7 Å². The van der Waals surface area contributed by atoms with Crippen molar-refractivity contribution in [3.8, 4) is 0 Å². The van der Waals surface area contributed by atoms with Gasteiger partial charge in [0.2, 0.25) is 5.91 Å². The molecule has 0 saturated carbocycles. The molecule has 0 aliphatic carbocycles. The van der Waals surface area contributed by atoms with Crippen molar-refractivity contribution >= 4 is 11.6 Å². The number of carbonyl (C=O) groups excluding carboxylic acids is 1. The van der Waals surface area contributed by atoms with Gasteiger partial charge in [0.15, 0.2) is 0 Å².